The molecule has 1 heterocycles. The van der Waals surface area contributed by atoms with Crippen molar-refractivity contribution in [3.05, 3.63) is 64.4 Å². The fourth-order valence-corrected chi connectivity index (χ4v) is 3.54. The maximum absolute atomic E-state index is 13.1. The summed E-state index contributed by atoms with van der Waals surface area (Å²) < 4.78 is 0. The summed E-state index contributed by atoms with van der Waals surface area (Å²) in [7, 11) is 0. The molecule has 0 saturated heterocycles. The summed E-state index contributed by atoms with van der Waals surface area (Å²) in [4.78, 5) is 26.2. The number of fused-ring (bicyclic) bond motifs is 1. The largest absolute Gasteiger partial charge is 0.733 e. The van der Waals surface area contributed by atoms with Crippen LogP contribution in [-0.4, -0.2) is 22.9 Å². The molecule has 0 bridgehead atoms. The number of rotatable bonds is 5. The van der Waals surface area contributed by atoms with Crippen molar-refractivity contribution in [2.24, 2.45) is 0 Å². The number of amides is 1. The van der Waals surface area contributed by atoms with E-state index < -0.39 is 0 Å². The van der Waals surface area contributed by atoms with Crippen molar-refractivity contribution in [3.63, 3.8) is 0 Å². The average Bonchev–Trinajstić information content (AvgIpc) is 2.65. The Morgan fingerprint density at radius 2 is 1.96 bits per heavy atom. The van der Waals surface area contributed by atoms with Gasteiger partial charge in [-0.05, 0) is 68.5 Å². The van der Waals surface area contributed by atoms with Crippen molar-refractivity contribution in [1.82, 2.24) is 0 Å². The highest BCUT2D eigenvalue weighted by Gasteiger charge is 2.30. The van der Waals surface area contributed by atoms with Crippen LogP contribution < -0.4 is 10.1 Å². The van der Waals surface area contributed by atoms with Gasteiger partial charge in [0.25, 0.3) is 5.91 Å². The predicted octanol–water partition coefficient (Wildman–Crippen LogP) is 3.88. The Labute approximate surface area is 158 Å². The molecule has 0 saturated carbocycles. The summed E-state index contributed by atoms with van der Waals surface area (Å²) in [5.74, 6) is -0.100. The van der Waals surface area contributed by atoms with Crippen molar-refractivity contribution >= 4 is 23.1 Å². The summed E-state index contributed by atoms with van der Waals surface area (Å²) >= 11 is 0. The Balaban J connectivity index is 2.06. The normalized spacial score (nSPS) is 16.0. The molecule has 0 spiro atoms. The third-order valence-electron chi connectivity index (χ3n) is 5.00. The minimum absolute atomic E-state index is 0.000328. The average molecular weight is 367 g/mol. The van der Waals surface area contributed by atoms with E-state index in [1.54, 1.807) is 29.2 Å². The number of nitrogens with zero attached hydrogens (tertiary/aromatic N) is 2. The molecular weight excluding hydrogens is 344 g/mol. The standard InChI is InChI=1S/C21H23N2O4/c1-14-8-10-17-13-20(23(26)27)18(11-9-15(2)24)12-19(17)22(14)21(25)16-6-4-3-5-7-16/h3-7,12-14,26H,8-11H2,1-2H3/q-1/t14-/m0/s1. The minimum atomic E-state index is -0.156. The predicted molar refractivity (Wildman–Crippen MR) is 104 cm³/mol. The molecule has 0 aromatic heterocycles. The van der Waals surface area contributed by atoms with Crippen molar-refractivity contribution in [1.29, 1.82) is 0 Å². The minimum Gasteiger partial charge on any atom is -0.733 e. The molecule has 142 valence electrons. The number of aryl methyl sites for hydroxylation is 2. The van der Waals surface area contributed by atoms with Gasteiger partial charge in [-0.25, -0.2) is 0 Å². The second-order valence-corrected chi connectivity index (χ2v) is 7.01. The molecule has 6 heteroatoms. The number of hydrogen-bond acceptors (Lipinski definition) is 5. The van der Waals surface area contributed by atoms with Gasteiger partial charge in [0.2, 0.25) is 0 Å². The van der Waals surface area contributed by atoms with Crippen molar-refractivity contribution in [3.8, 4) is 0 Å². The lowest BCUT2D eigenvalue weighted by Gasteiger charge is -2.37. The lowest BCUT2D eigenvalue weighted by Crippen LogP contribution is -2.42. The smallest absolute Gasteiger partial charge is 0.258 e. The van der Waals surface area contributed by atoms with E-state index in [9.17, 15) is 20.0 Å². The molecule has 27 heavy (non-hydrogen) atoms. The first-order valence-electron chi connectivity index (χ1n) is 9.08. The molecule has 1 N–H and O–H groups in total. The van der Waals surface area contributed by atoms with Gasteiger partial charge in [0.15, 0.2) is 0 Å². The second kappa shape index (κ2) is 7.90. The topological polar surface area (TPSA) is 83.9 Å². The van der Waals surface area contributed by atoms with Crippen molar-refractivity contribution in [2.45, 2.75) is 45.6 Å². The fraction of sp³-hybridized carbons (Fsp3) is 0.333. The molecule has 0 fully saturated rings. The van der Waals surface area contributed by atoms with Crippen molar-refractivity contribution in [2.75, 3.05) is 10.1 Å². The van der Waals surface area contributed by atoms with Crippen LogP contribution in [0.1, 0.15) is 48.2 Å². The van der Waals surface area contributed by atoms with Gasteiger partial charge in [0.1, 0.15) is 5.78 Å². The lowest BCUT2D eigenvalue weighted by molar-refractivity contribution is -0.116. The molecule has 0 aliphatic carbocycles. The highest BCUT2D eigenvalue weighted by atomic mass is 16.8. The number of carbonyl (C=O) groups is 2. The number of hydrogen-bond donors (Lipinski definition) is 1. The van der Waals surface area contributed by atoms with Gasteiger partial charge in [-0.3, -0.25) is 10.0 Å². The molecule has 0 radical (unpaired) electrons. The molecule has 2 aromatic rings. The summed E-state index contributed by atoms with van der Waals surface area (Å²) in [5, 5.41) is 20.9. The highest BCUT2D eigenvalue weighted by molar-refractivity contribution is 6.07. The van der Waals surface area contributed by atoms with Gasteiger partial charge in [-0.1, -0.05) is 18.2 Å². The Kier molecular flexibility index (Phi) is 5.58. The quantitative estimate of drug-likeness (QED) is 0.811. The summed E-state index contributed by atoms with van der Waals surface area (Å²) in [6.45, 7) is 3.48. The summed E-state index contributed by atoms with van der Waals surface area (Å²) in [6.07, 6.45) is 2.08. The molecule has 0 unspecified atom stereocenters. The van der Waals surface area contributed by atoms with Crippen LogP contribution in [0.4, 0.5) is 11.4 Å². The van der Waals surface area contributed by atoms with Gasteiger partial charge in [0, 0.05) is 23.7 Å². The van der Waals surface area contributed by atoms with Crippen LogP contribution in [0.15, 0.2) is 42.5 Å². The van der Waals surface area contributed by atoms with E-state index in [-0.39, 0.29) is 35.1 Å². The maximum Gasteiger partial charge on any atom is 0.258 e. The number of anilines is 2. The molecular formula is C21H23N2O4-. The first-order valence-corrected chi connectivity index (χ1v) is 9.08. The summed E-state index contributed by atoms with van der Waals surface area (Å²) in [5.41, 5.74) is 2.87. The molecule has 1 aliphatic rings. The maximum atomic E-state index is 13.1. The van der Waals surface area contributed by atoms with E-state index in [2.05, 4.69) is 0 Å². The van der Waals surface area contributed by atoms with Gasteiger partial charge in [0.05, 0.1) is 5.69 Å². The molecule has 3 rings (SSSR count). The lowest BCUT2D eigenvalue weighted by atomic mass is 9.92. The van der Waals surface area contributed by atoms with E-state index >= 15 is 0 Å². The third-order valence-corrected chi connectivity index (χ3v) is 5.00. The van der Waals surface area contributed by atoms with Gasteiger partial charge < -0.3 is 20.1 Å². The second-order valence-electron chi connectivity index (χ2n) is 7.01. The molecule has 1 amide bonds. The number of ketones is 1. The van der Waals surface area contributed by atoms with E-state index in [0.29, 0.717) is 24.0 Å². The molecule has 6 nitrogen and oxygen atoms in total. The first-order chi connectivity index (χ1) is 12.9. The van der Waals surface area contributed by atoms with Crippen LogP contribution >= 0.6 is 0 Å². The van der Waals surface area contributed by atoms with Crippen LogP contribution in [0.5, 0.6) is 0 Å². The van der Waals surface area contributed by atoms with E-state index in [4.69, 9.17) is 0 Å². The first kappa shape index (κ1) is 19.1. The van der Waals surface area contributed by atoms with Crippen LogP contribution in [-0.2, 0) is 17.6 Å². The van der Waals surface area contributed by atoms with Crippen LogP contribution in [0.25, 0.3) is 0 Å². The van der Waals surface area contributed by atoms with E-state index in [1.165, 1.54) is 6.92 Å². The van der Waals surface area contributed by atoms with Gasteiger partial charge in [-0.2, -0.15) is 0 Å². The fourth-order valence-electron chi connectivity index (χ4n) is 3.54. The molecule has 1 aliphatic heterocycles. The SMILES string of the molecule is CC(=O)CCc1cc2c(cc1N([O-])O)CC[C@H](C)N2C(=O)c1ccccc1. The zero-order valence-corrected chi connectivity index (χ0v) is 15.5. The zero-order valence-electron chi connectivity index (χ0n) is 15.5. The highest BCUT2D eigenvalue weighted by Crippen LogP contribution is 2.37. The number of Topliss-reactive ketones (excluding diaryl/α,β-unsaturated/α-hetero) is 1. The van der Waals surface area contributed by atoms with Crippen LogP contribution in [0.3, 0.4) is 0 Å². The number of benzene rings is 2. The van der Waals surface area contributed by atoms with Crippen LogP contribution in [0.2, 0.25) is 0 Å². The Bertz CT molecular complexity index is 849. The van der Waals surface area contributed by atoms with Crippen LogP contribution in [0, 0.1) is 5.21 Å². The Morgan fingerprint density at radius 1 is 1.26 bits per heavy atom. The summed E-state index contributed by atoms with van der Waals surface area (Å²) in [6, 6.07) is 12.5. The molecule has 1 atom stereocenters. The Morgan fingerprint density at radius 3 is 2.59 bits per heavy atom. The monoisotopic (exact) mass is 367 g/mol. The zero-order chi connectivity index (χ0) is 19.6. The van der Waals surface area contributed by atoms with E-state index in [1.807, 2.05) is 25.1 Å². The van der Waals surface area contributed by atoms with Gasteiger partial charge in [-0.15, -0.1) is 0 Å². The van der Waals surface area contributed by atoms with Gasteiger partial charge >= 0.3 is 0 Å². The third kappa shape index (κ3) is 4.02. The van der Waals surface area contributed by atoms with E-state index in [0.717, 1.165) is 17.7 Å². The van der Waals surface area contributed by atoms with Crippen molar-refractivity contribution < 1.29 is 14.8 Å². The molecule has 2 aromatic carbocycles. The number of carbonyl (C=O) groups excluding carboxylic acids is 2. The Hall–Kier alpha value is -2.70.